The summed E-state index contributed by atoms with van der Waals surface area (Å²) in [6, 6.07) is 12.4. The molecule has 3 aromatic heterocycles. The number of nitrogens with one attached hydrogen (secondary N) is 1. The number of tetrazole rings is 1. The van der Waals surface area contributed by atoms with Crippen molar-refractivity contribution in [2.24, 2.45) is 0 Å². The predicted molar refractivity (Wildman–Crippen MR) is 138 cm³/mol. The molecule has 8 heteroatoms. The maximum Gasteiger partial charge on any atom is 0.252 e. The van der Waals surface area contributed by atoms with Gasteiger partial charge in [-0.1, -0.05) is 38.5 Å². The number of pyridine rings is 1. The van der Waals surface area contributed by atoms with Gasteiger partial charge in [0.05, 0.1) is 11.6 Å². The largest absolute Gasteiger partial charge is 0.322 e. The Morgan fingerprint density at radius 1 is 1.18 bits per heavy atom. The summed E-state index contributed by atoms with van der Waals surface area (Å²) in [5.74, 6) is 0.859. The second-order valence-electron chi connectivity index (χ2n) is 9.62. The van der Waals surface area contributed by atoms with Gasteiger partial charge >= 0.3 is 0 Å². The van der Waals surface area contributed by atoms with Crippen LogP contribution < -0.4 is 5.56 Å². The van der Waals surface area contributed by atoms with Crippen molar-refractivity contribution in [1.29, 1.82) is 0 Å². The van der Waals surface area contributed by atoms with Gasteiger partial charge in [-0.2, -0.15) is 0 Å². The fourth-order valence-corrected chi connectivity index (χ4v) is 5.04. The fraction of sp³-hybridized carbons (Fsp3) is 0.462. The topological polar surface area (TPSA) is 79.7 Å². The van der Waals surface area contributed by atoms with Crippen molar-refractivity contribution in [1.82, 2.24) is 30.1 Å². The predicted octanol–water partition coefficient (Wildman–Crippen LogP) is 5.57. The van der Waals surface area contributed by atoms with E-state index >= 15 is 0 Å². The van der Waals surface area contributed by atoms with Crippen LogP contribution >= 0.6 is 11.3 Å². The van der Waals surface area contributed by atoms with Gasteiger partial charge in [0.25, 0.3) is 5.56 Å². The van der Waals surface area contributed by atoms with E-state index in [2.05, 4.69) is 82.7 Å². The molecular formula is C26H34N6OS. The number of benzene rings is 1. The molecule has 0 fully saturated rings. The highest BCUT2D eigenvalue weighted by molar-refractivity contribution is 7.09. The lowest BCUT2D eigenvalue weighted by atomic mass is 10.0. The third-order valence-electron chi connectivity index (χ3n) is 6.62. The Labute approximate surface area is 204 Å². The molecule has 3 heterocycles. The number of H-pyrrole nitrogens is 1. The lowest BCUT2D eigenvalue weighted by molar-refractivity contribution is 0.147. The summed E-state index contributed by atoms with van der Waals surface area (Å²) in [5.41, 5.74) is 2.51. The van der Waals surface area contributed by atoms with Crippen LogP contribution in [0.15, 0.2) is 46.6 Å². The van der Waals surface area contributed by atoms with E-state index in [0.717, 1.165) is 53.7 Å². The molecule has 0 aliphatic rings. The number of aromatic nitrogens is 5. The zero-order valence-corrected chi connectivity index (χ0v) is 21.5. The van der Waals surface area contributed by atoms with Gasteiger partial charge in [-0.15, -0.1) is 16.4 Å². The Morgan fingerprint density at radius 3 is 2.71 bits per heavy atom. The van der Waals surface area contributed by atoms with Gasteiger partial charge in [0.15, 0.2) is 5.82 Å². The van der Waals surface area contributed by atoms with E-state index in [0.29, 0.717) is 6.54 Å². The molecule has 7 nitrogen and oxygen atoms in total. The molecule has 0 saturated carbocycles. The van der Waals surface area contributed by atoms with Crippen molar-refractivity contribution in [2.75, 3.05) is 0 Å². The van der Waals surface area contributed by atoms with Crippen LogP contribution in [0.25, 0.3) is 10.9 Å². The van der Waals surface area contributed by atoms with Crippen molar-refractivity contribution in [3.63, 3.8) is 0 Å². The Bertz CT molecular complexity index is 1290. The van der Waals surface area contributed by atoms with E-state index in [1.807, 2.05) is 23.7 Å². The second kappa shape index (κ2) is 10.2. The van der Waals surface area contributed by atoms with Crippen molar-refractivity contribution >= 4 is 22.2 Å². The van der Waals surface area contributed by atoms with Gasteiger partial charge in [-0.05, 0) is 78.6 Å². The molecule has 1 aromatic carbocycles. The third-order valence-corrected chi connectivity index (χ3v) is 7.49. The van der Waals surface area contributed by atoms with Crippen LogP contribution in [-0.4, -0.2) is 30.1 Å². The van der Waals surface area contributed by atoms with Crippen LogP contribution in [-0.2, 0) is 18.6 Å². The van der Waals surface area contributed by atoms with Gasteiger partial charge in [-0.25, -0.2) is 4.68 Å². The average molecular weight is 479 g/mol. The average Bonchev–Trinajstić information content (AvgIpc) is 3.50. The number of rotatable bonds is 10. The SMILES string of the molecule is CCCC(c1nnnn1C(C)(C)CC)N(Cc1cccs1)Cc1cc2ccc(C)cc2[nH]c1=O. The van der Waals surface area contributed by atoms with Crippen LogP contribution in [0, 0.1) is 6.92 Å². The normalized spacial score (nSPS) is 13.1. The summed E-state index contributed by atoms with van der Waals surface area (Å²) in [6.07, 6.45) is 2.80. The number of hydrogen-bond donors (Lipinski definition) is 1. The Kier molecular flexibility index (Phi) is 7.28. The van der Waals surface area contributed by atoms with Crippen molar-refractivity contribution in [3.05, 3.63) is 74.0 Å². The van der Waals surface area contributed by atoms with E-state index < -0.39 is 0 Å². The monoisotopic (exact) mass is 478 g/mol. The Hall–Kier alpha value is -2.84. The fourth-order valence-electron chi connectivity index (χ4n) is 4.31. The number of thiophene rings is 1. The maximum absolute atomic E-state index is 13.1. The third kappa shape index (κ3) is 5.13. The highest BCUT2D eigenvalue weighted by atomic mass is 32.1. The molecule has 1 unspecified atom stereocenters. The summed E-state index contributed by atoms with van der Waals surface area (Å²) in [6.45, 7) is 11.9. The first-order chi connectivity index (χ1) is 16.3. The first-order valence-corrected chi connectivity index (χ1v) is 12.9. The molecule has 0 saturated heterocycles. The van der Waals surface area contributed by atoms with Crippen LogP contribution in [0.3, 0.4) is 0 Å². The van der Waals surface area contributed by atoms with E-state index in [4.69, 9.17) is 0 Å². The summed E-state index contributed by atoms with van der Waals surface area (Å²) >= 11 is 1.73. The molecule has 180 valence electrons. The molecule has 0 radical (unpaired) electrons. The molecule has 0 spiro atoms. The van der Waals surface area contributed by atoms with E-state index in [9.17, 15) is 4.79 Å². The van der Waals surface area contributed by atoms with Gasteiger partial charge in [0, 0.05) is 29.0 Å². The molecule has 0 aliphatic carbocycles. The number of aromatic amines is 1. The van der Waals surface area contributed by atoms with Crippen molar-refractivity contribution in [2.45, 2.75) is 78.6 Å². The number of nitrogens with zero attached hydrogens (tertiary/aromatic N) is 5. The lowest BCUT2D eigenvalue weighted by Gasteiger charge is -2.33. The molecule has 1 N–H and O–H groups in total. The minimum absolute atomic E-state index is 0.0129. The maximum atomic E-state index is 13.1. The summed E-state index contributed by atoms with van der Waals surface area (Å²) < 4.78 is 1.97. The van der Waals surface area contributed by atoms with Gasteiger partial charge in [-0.3, -0.25) is 9.69 Å². The lowest BCUT2D eigenvalue weighted by Crippen LogP contribution is -2.36. The van der Waals surface area contributed by atoms with E-state index in [1.165, 1.54) is 4.88 Å². The van der Waals surface area contributed by atoms with Crippen molar-refractivity contribution < 1.29 is 0 Å². The van der Waals surface area contributed by atoms with Gasteiger partial charge < -0.3 is 4.98 Å². The molecular weight excluding hydrogens is 444 g/mol. The minimum Gasteiger partial charge on any atom is -0.322 e. The summed E-state index contributed by atoms with van der Waals surface area (Å²) in [5, 5.41) is 16.1. The zero-order valence-electron chi connectivity index (χ0n) is 20.7. The van der Waals surface area contributed by atoms with Crippen LogP contribution in [0.5, 0.6) is 0 Å². The zero-order chi connectivity index (χ0) is 24.3. The Balaban J connectivity index is 1.77. The van der Waals surface area contributed by atoms with Gasteiger partial charge in [0.1, 0.15) is 0 Å². The summed E-state index contributed by atoms with van der Waals surface area (Å²) in [4.78, 5) is 19.8. The van der Waals surface area contributed by atoms with Crippen LogP contribution in [0.2, 0.25) is 0 Å². The van der Waals surface area contributed by atoms with Crippen molar-refractivity contribution in [3.8, 4) is 0 Å². The molecule has 0 aliphatic heterocycles. The molecule has 4 aromatic rings. The molecule has 1 atom stereocenters. The number of fused-ring (bicyclic) bond motifs is 1. The first-order valence-electron chi connectivity index (χ1n) is 12.0. The standard InChI is InChI=1S/C26H34N6OS/c1-6-9-23(24-28-29-30-32(24)26(4,5)7-2)31(17-21-10-8-13-34-21)16-20-15-19-12-11-18(3)14-22(19)27-25(20)33/h8,10-15,23H,6-7,9,16-17H2,1-5H3,(H,27,33). The number of aryl methyl sites for hydroxylation is 1. The van der Waals surface area contributed by atoms with E-state index in [-0.39, 0.29) is 17.1 Å². The van der Waals surface area contributed by atoms with Crippen LogP contribution in [0.4, 0.5) is 0 Å². The van der Waals surface area contributed by atoms with Gasteiger partial charge in [0.2, 0.25) is 0 Å². The Morgan fingerprint density at radius 2 is 2.00 bits per heavy atom. The van der Waals surface area contributed by atoms with E-state index in [1.54, 1.807) is 11.3 Å². The number of hydrogen-bond acceptors (Lipinski definition) is 6. The second-order valence-corrected chi connectivity index (χ2v) is 10.7. The molecule has 34 heavy (non-hydrogen) atoms. The molecule has 0 bridgehead atoms. The minimum atomic E-state index is -0.197. The highest BCUT2D eigenvalue weighted by Crippen LogP contribution is 2.31. The first kappa shape index (κ1) is 24.3. The molecule has 4 rings (SSSR count). The van der Waals surface area contributed by atoms with Crippen LogP contribution in [0.1, 0.15) is 74.8 Å². The smallest absolute Gasteiger partial charge is 0.252 e. The quantitative estimate of drug-likeness (QED) is 0.322. The summed E-state index contributed by atoms with van der Waals surface area (Å²) in [7, 11) is 0. The highest BCUT2D eigenvalue weighted by Gasteiger charge is 2.31. The molecule has 0 amide bonds.